The summed E-state index contributed by atoms with van der Waals surface area (Å²) in [6.07, 6.45) is 3.17. The van der Waals surface area contributed by atoms with Crippen LogP contribution in [-0.4, -0.2) is 31.1 Å². The normalized spacial score (nSPS) is 12.0. The first-order valence-electron chi connectivity index (χ1n) is 12.6. The van der Waals surface area contributed by atoms with Crippen molar-refractivity contribution in [3.05, 3.63) is 119 Å². The van der Waals surface area contributed by atoms with Crippen LogP contribution in [0.3, 0.4) is 0 Å². The molecule has 0 saturated heterocycles. The Balaban J connectivity index is 0.00000280. The van der Waals surface area contributed by atoms with Crippen LogP contribution in [0.15, 0.2) is 107 Å². The zero-order chi connectivity index (χ0) is 26.7. The zero-order valence-electron chi connectivity index (χ0n) is 22.8. The van der Waals surface area contributed by atoms with Gasteiger partial charge in [-0.05, 0) is 48.2 Å². The molecule has 4 aromatic rings. The molecule has 4 aromatic carbocycles. The fraction of sp³-hybridized carbons (Fsp3) is 0.188. The van der Waals surface area contributed by atoms with Crippen molar-refractivity contribution in [3.63, 3.8) is 0 Å². The first-order valence-corrected chi connectivity index (χ1v) is 12.6. The van der Waals surface area contributed by atoms with Crippen LogP contribution < -0.4 is 19.7 Å². The van der Waals surface area contributed by atoms with Gasteiger partial charge in [-0.25, -0.2) is 0 Å². The molecule has 2 N–H and O–H groups in total. The van der Waals surface area contributed by atoms with Crippen molar-refractivity contribution in [2.45, 2.75) is 25.9 Å². The van der Waals surface area contributed by atoms with E-state index in [2.05, 4.69) is 0 Å². The summed E-state index contributed by atoms with van der Waals surface area (Å²) >= 11 is 0. The van der Waals surface area contributed by atoms with E-state index in [0.717, 1.165) is 11.1 Å². The second kappa shape index (κ2) is 17.6. The summed E-state index contributed by atoms with van der Waals surface area (Å²) in [6, 6.07) is 29.0. The third-order valence-corrected chi connectivity index (χ3v) is 5.95. The fourth-order valence-corrected chi connectivity index (χ4v) is 4.13. The van der Waals surface area contributed by atoms with Gasteiger partial charge in [0.05, 0.1) is 13.2 Å². The van der Waals surface area contributed by atoms with E-state index in [1.54, 1.807) is 48.8 Å². The Morgan fingerprint density at radius 1 is 0.610 bits per heavy atom. The van der Waals surface area contributed by atoms with E-state index < -0.39 is 12.1 Å². The van der Waals surface area contributed by atoms with Crippen molar-refractivity contribution < 1.29 is 49.2 Å². The van der Waals surface area contributed by atoms with Gasteiger partial charge in [-0.2, -0.15) is 0 Å². The average Bonchev–Trinajstić information content (AvgIpc) is 2.95. The van der Waals surface area contributed by atoms with Crippen LogP contribution in [0.5, 0.6) is 23.0 Å². The van der Waals surface area contributed by atoms with Gasteiger partial charge in [-0.15, -0.1) is 0 Å². The molecule has 0 spiro atoms. The van der Waals surface area contributed by atoms with Crippen LogP contribution >= 0.6 is 0 Å². The fourth-order valence-electron chi connectivity index (χ4n) is 4.13. The Bertz CT molecular complexity index is 1280. The average molecular weight is 592 g/mol. The molecule has 0 aliphatic rings. The number of hydrogen-bond donors (Lipinski definition) is 0. The predicted molar refractivity (Wildman–Crippen MR) is 152 cm³/mol. The van der Waals surface area contributed by atoms with Crippen LogP contribution in [0.1, 0.15) is 48.2 Å². The molecule has 4 rings (SSSR count). The Hall–Kier alpha value is -4.08. The van der Waals surface area contributed by atoms with Gasteiger partial charge in [-0.1, -0.05) is 96.4 Å². The van der Waals surface area contributed by atoms with Gasteiger partial charge in [-0.3, -0.25) is 9.98 Å². The molecule has 0 unspecified atom stereocenters. The second-order valence-corrected chi connectivity index (χ2v) is 8.48. The molecule has 0 aromatic heterocycles. The molecule has 211 valence electrons. The molecule has 9 heteroatoms. The standard InChI is InChI=1S/C32H32N2O4.H2O.O.V/c1-3-37-27-19-11-17-25(31(27)35)21-33-29(23-13-7-5-8-14-23)30(24-15-9-6-10-16-24)34-22-26-18-12-20-28(32(26)36)38-4-2;;;/h5-22,29-30,35-36H,3-4H2,1-2H3;1H2;;/q;;-2;+4/p-2/t29-,30+;;;. The number of para-hydroxylation sites is 2. The van der Waals surface area contributed by atoms with Crippen molar-refractivity contribution >= 4 is 12.4 Å². The van der Waals surface area contributed by atoms with Gasteiger partial charge in [0.25, 0.3) is 0 Å². The summed E-state index contributed by atoms with van der Waals surface area (Å²) < 4.78 is 10.9. The summed E-state index contributed by atoms with van der Waals surface area (Å²) in [5.74, 6) is 0.159. The van der Waals surface area contributed by atoms with E-state index in [9.17, 15) is 10.2 Å². The molecule has 0 amide bonds. The topological polar surface area (TPSA) is 149 Å². The smallest absolute Gasteiger partial charge is 2.00 e. The SMILES string of the molecule is CCOc1cccc(C=N[C@H](c2ccccc2)[C@@H](N=Cc2cccc(OCC)c2[O-])c2ccccc2)c1[O-].O.[O-2].[V+4]. The summed E-state index contributed by atoms with van der Waals surface area (Å²) in [5, 5.41) is 25.8. The molecular weight excluding hydrogens is 559 g/mol. The van der Waals surface area contributed by atoms with E-state index >= 15 is 0 Å². The molecule has 8 nitrogen and oxygen atoms in total. The number of benzene rings is 4. The van der Waals surface area contributed by atoms with Gasteiger partial charge in [0.15, 0.2) is 0 Å². The maximum atomic E-state index is 12.9. The summed E-state index contributed by atoms with van der Waals surface area (Å²) in [4.78, 5) is 9.78. The van der Waals surface area contributed by atoms with E-state index in [1.165, 1.54) is 0 Å². The van der Waals surface area contributed by atoms with Crippen molar-refractivity contribution in [1.82, 2.24) is 0 Å². The molecule has 41 heavy (non-hydrogen) atoms. The first-order chi connectivity index (χ1) is 18.6. The van der Waals surface area contributed by atoms with Crippen LogP contribution in [-0.2, 0) is 24.0 Å². The number of rotatable bonds is 11. The van der Waals surface area contributed by atoms with E-state index in [0.29, 0.717) is 35.8 Å². The number of aliphatic imine (C=N–C) groups is 2. The summed E-state index contributed by atoms with van der Waals surface area (Å²) in [7, 11) is 0. The van der Waals surface area contributed by atoms with Crippen LogP contribution in [0, 0.1) is 0 Å². The molecule has 0 heterocycles. The molecular formula is C32H32N2O6V. The maximum Gasteiger partial charge on any atom is 4.00 e. The quantitative estimate of drug-likeness (QED) is 0.232. The van der Waals surface area contributed by atoms with E-state index in [-0.39, 0.29) is 41.0 Å². The Labute approximate surface area is 252 Å². The van der Waals surface area contributed by atoms with Crippen LogP contribution in [0.25, 0.3) is 0 Å². The minimum Gasteiger partial charge on any atom is -2.00 e. The van der Waals surface area contributed by atoms with Crippen molar-refractivity contribution in [3.8, 4) is 23.0 Å². The van der Waals surface area contributed by atoms with Crippen molar-refractivity contribution in [2.75, 3.05) is 13.2 Å². The Kier molecular flexibility index (Phi) is 15.0. The Morgan fingerprint density at radius 2 is 0.976 bits per heavy atom. The van der Waals surface area contributed by atoms with Crippen molar-refractivity contribution in [2.24, 2.45) is 9.98 Å². The zero-order valence-corrected chi connectivity index (χ0v) is 24.2. The molecule has 0 saturated carbocycles. The summed E-state index contributed by atoms with van der Waals surface area (Å²) in [5.41, 5.74) is 2.71. The van der Waals surface area contributed by atoms with Gasteiger partial charge in [0.2, 0.25) is 0 Å². The molecule has 1 radical (unpaired) electrons. The van der Waals surface area contributed by atoms with Gasteiger partial charge in [0, 0.05) is 12.4 Å². The number of ether oxygens (including phenoxy) is 2. The van der Waals surface area contributed by atoms with Crippen LogP contribution in [0.2, 0.25) is 0 Å². The van der Waals surface area contributed by atoms with Gasteiger partial charge >= 0.3 is 18.6 Å². The number of nitrogens with zero attached hydrogens (tertiary/aromatic N) is 2. The second-order valence-electron chi connectivity index (χ2n) is 8.48. The predicted octanol–water partition coefficient (Wildman–Crippen LogP) is 4.71. The molecule has 2 atom stereocenters. The largest absolute Gasteiger partial charge is 4.00 e. The third-order valence-electron chi connectivity index (χ3n) is 5.95. The monoisotopic (exact) mass is 591 g/mol. The van der Waals surface area contributed by atoms with Gasteiger partial charge < -0.3 is 30.6 Å². The summed E-state index contributed by atoms with van der Waals surface area (Å²) in [6.45, 7) is 4.48. The first kappa shape index (κ1) is 35.0. The Morgan fingerprint density at radius 3 is 1.32 bits per heavy atom. The van der Waals surface area contributed by atoms with Gasteiger partial charge in [0.1, 0.15) is 23.6 Å². The molecule has 0 aliphatic carbocycles. The van der Waals surface area contributed by atoms with Crippen molar-refractivity contribution in [1.29, 1.82) is 0 Å². The number of hydrogen-bond acceptors (Lipinski definition) is 6. The van der Waals surface area contributed by atoms with Crippen LogP contribution in [0.4, 0.5) is 0 Å². The maximum absolute atomic E-state index is 12.9. The molecule has 0 aliphatic heterocycles. The molecule has 0 bridgehead atoms. The van der Waals surface area contributed by atoms with E-state index in [4.69, 9.17) is 19.5 Å². The minimum atomic E-state index is -0.463. The van der Waals surface area contributed by atoms with E-state index in [1.807, 2.05) is 74.5 Å². The third kappa shape index (κ3) is 8.96. The molecule has 0 fully saturated rings. The minimum absolute atomic E-state index is 0.